The molecule has 0 spiro atoms. The SMILES string of the molecule is Cc1nc2c(c(=O)[nH]1)CC(=O)C1CC21. The van der Waals surface area contributed by atoms with Crippen molar-refractivity contribution in [1.82, 2.24) is 9.97 Å². The standard InChI is InChI=1S/C10H10N2O2/c1-4-11-9-6-2-5(6)8(13)3-7(9)10(14)12-4/h5-6H,2-3H2,1H3,(H,11,12,14). The van der Waals surface area contributed by atoms with Crippen LogP contribution in [0.4, 0.5) is 0 Å². The Morgan fingerprint density at radius 1 is 1.36 bits per heavy atom. The minimum Gasteiger partial charge on any atom is -0.311 e. The predicted molar refractivity (Wildman–Crippen MR) is 49.2 cm³/mol. The van der Waals surface area contributed by atoms with Crippen LogP contribution in [0.3, 0.4) is 0 Å². The minimum absolute atomic E-state index is 0.133. The smallest absolute Gasteiger partial charge is 0.254 e. The molecule has 1 aromatic heterocycles. The van der Waals surface area contributed by atoms with Crippen LogP contribution in [0.25, 0.3) is 0 Å². The second kappa shape index (κ2) is 2.32. The molecule has 0 bridgehead atoms. The highest BCUT2D eigenvalue weighted by Crippen LogP contribution is 2.51. The molecule has 1 heterocycles. The molecule has 1 N–H and O–H groups in total. The lowest BCUT2D eigenvalue weighted by molar-refractivity contribution is -0.120. The van der Waals surface area contributed by atoms with Crippen molar-refractivity contribution in [3.63, 3.8) is 0 Å². The Balaban J connectivity index is 2.25. The van der Waals surface area contributed by atoms with Crippen molar-refractivity contribution in [1.29, 1.82) is 0 Å². The Morgan fingerprint density at radius 2 is 2.14 bits per heavy atom. The van der Waals surface area contributed by atoms with Crippen molar-refractivity contribution >= 4 is 5.78 Å². The van der Waals surface area contributed by atoms with Gasteiger partial charge in [-0.15, -0.1) is 0 Å². The second-order valence-corrected chi connectivity index (χ2v) is 4.11. The number of nitrogens with zero attached hydrogens (tertiary/aromatic N) is 1. The second-order valence-electron chi connectivity index (χ2n) is 4.11. The van der Waals surface area contributed by atoms with Gasteiger partial charge in [-0.1, -0.05) is 0 Å². The van der Waals surface area contributed by atoms with E-state index in [1.54, 1.807) is 6.92 Å². The van der Waals surface area contributed by atoms with Gasteiger partial charge in [0.05, 0.1) is 5.69 Å². The molecule has 2 atom stereocenters. The molecule has 0 radical (unpaired) electrons. The van der Waals surface area contributed by atoms with Crippen LogP contribution in [-0.2, 0) is 11.2 Å². The van der Waals surface area contributed by atoms with Crippen LogP contribution >= 0.6 is 0 Å². The van der Waals surface area contributed by atoms with Crippen LogP contribution in [0, 0.1) is 12.8 Å². The Bertz CT molecular complexity index is 489. The number of hydrogen-bond donors (Lipinski definition) is 1. The van der Waals surface area contributed by atoms with Crippen molar-refractivity contribution < 1.29 is 4.79 Å². The van der Waals surface area contributed by atoms with Crippen molar-refractivity contribution in [3.8, 4) is 0 Å². The van der Waals surface area contributed by atoms with Crippen molar-refractivity contribution in [3.05, 3.63) is 27.4 Å². The largest absolute Gasteiger partial charge is 0.311 e. The van der Waals surface area contributed by atoms with E-state index >= 15 is 0 Å². The van der Waals surface area contributed by atoms with E-state index < -0.39 is 0 Å². The van der Waals surface area contributed by atoms with Gasteiger partial charge in [0, 0.05) is 23.8 Å². The van der Waals surface area contributed by atoms with Gasteiger partial charge < -0.3 is 4.98 Å². The zero-order valence-electron chi connectivity index (χ0n) is 7.83. The van der Waals surface area contributed by atoms with Crippen molar-refractivity contribution in [2.45, 2.75) is 25.7 Å². The number of rotatable bonds is 0. The van der Waals surface area contributed by atoms with Crippen LogP contribution in [0.15, 0.2) is 4.79 Å². The summed E-state index contributed by atoms with van der Waals surface area (Å²) in [5.74, 6) is 1.26. The monoisotopic (exact) mass is 190 g/mol. The van der Waals surface area contributed by atoms with E-state index in [2.05, 4.69) is 9.97 Å². The van der Waals surface area contributed by atoms with Gasteiger partial charge in [0.25, 0.3) is 5.56 Å². The number of nitrogens with one attached hydrogen (secondary N) is 1. The number of carbonyl (C=O) groups excluding carboxylic acids is 1. The molecule has 1 aromatic rings. The van der Waals surface area contributed by atoms with Gasteiger partial charge in [-0.3, -0.25) is 9.59 Å². The van der Waals surface area contributed by atoms with Crippen LogP contribution in [0.1, 0.15) is 29.4 Å². The van der Waals surface area contributed by atoms with Crippen LogP contribution in [0.2, 0.25) is 0 Å². The highest BCUT2D eigenvalue weighted by molar-refractivity contribution is 5.89. The molecule has 4 heteroatoms. The first-order valence-electron chi connectivity index (χ1n) is 4.79. The van der Waals surface area contributed by atoms with Crippen LogP contribution in [-0.4, -0.2) is 15.8 Å². The van der Waals surface area contributed by atoms with E-state index in [1.165, 1.54) is 0 Å². The van der Waals surface area contributed by atoms with Crippen LogP contribution in [0.5, 0.6) is 0 Å². The molecule has 0 amide bonds. The maximum atomic E-state index is 11.5. The fourth-order valence-electron chi connectivity index (χ4n) is 2.27. The first-order valence-corrected chi connectivity index (χ1v) is 4.79. The summed E-state index contributed by atoms with van der Waals surface area (Å²) in [6.07, 6.45) is 1.17. The van der Waals surface area contributed by atoms with E-state index in [0.29, 0.717) is 11.4 Å². The Hall–Kier alpha value is -1.45. The Morgan fingerprint density at radius 3 is 2.93 bits per heavy atom. The number of Topliss-reactive ketones (excluding diaryl/α,β-unsaturated/α-hetero) is 1. The van der Waals surface area contributed by atoms with Gasteiger partial charge in [0.1, 0.15) is 11.6 Å². The number of ketones is 1. The van der Waals surface area contributed by atoms with Gasteiger partial charge >= 0.3 is 0 Å². The van der Waals surface area contributed by atoms with Crippen LogP contribution < -0.4 is 5.56 Å². The van der Waals surface area contributed by atoms with Gasteiger partial charge in [-0.25, -0.2) is 4.98 Å². The summed E-state index contributed by atoms with van der Waals surface area (Å²) in [5, 5.41) is 0. The van der Waals surface area contributed by atoms with Gasteiger partial charge in [0.2, 0.25) is 0 Å². The average molecular weight is 190 g/mol. The molecular formula is C10H10N2O2. The number of carbonyl (C=O) groups is 1. The lowest BCUT2D eigenvalue weighted by Gasteiger charge is -2.12. The highest BCUT2D eigenvalue weighted by atomic mass is 16.1. The zero-order chi connectivity index (χ0) is 9.87. The molecule has 0 saturated heterocycles. The summed E-state index contributed by atoms with van der Waals surface area (Å²) < 4.78 is 0. The summed E-state index contributed by atoms with van der Waals surface area (Å²) in [6, 6.07) is 0. The number of fused-ring (bicyclic) bond motifs is 3. The van der Waals surface area contributed by atoms with E-state index in [1.807, 2.05) is 0 Å². The molecule has 2 aliphatic rings. The predicted octanol–water partition coefficient (Wildman–Crippen LogP) is 0.307. The number of H-pyrrole nitrogens is 1. The van der Waals surface area contributed by atoms with Gasteiger partial charge in [0.15, 0.2) is 0 Å². The third-order valence-electron chi connectivity index (χ3n) is 3.07. The molecule has 2 unspecified atom stereocenters. The van der Waals surface area contributed by atoms with Gasteiger partial charge in [-0.2, -0.15) is 0 Å². The summed E-state index contributed by atoms with van der Waals surface area (Å²) >= 11 is 0. The fourth-order valence-corrected chi connectivity index (χ4v) is 2.27. The quantitative estimate of drug-likeness (QED) is 0.640. The third-order valence-corrected chi connectivity index (χ3v) is 3.07. The summed E-state index contributed by atoms with van der Waals surface area (Å²) in [4.78, 5) is 30.0. The molecule has 14 heavy (non-hydrogen) atoms. The molecule has 3 rings (SSSR count). The fraction of sp³-hybridized carbons (Fsp3) is 0.500. The molecule has 72 valence electrons. The number of hydrogen-bond acceptors (Lipinski definition) is 3. The van der Waals surface area contributed by atoms with E-state index in [0.717, 1.165) is 12.1 Å². The van der Waals surface area contributed by atoms with Crippen molar-refractivity contribution in [2.24, 2.45) is 5.92 Å². The normalized spacial score (nSPS) is 28.2. The topological polar surface area (TPSA) is 62.8 Å². The van der Waals surface area contributed by atoms with E-state index in [-0.39, 0.29) is 29.6 Å². The third kappa shape index (κ3) is 0.908. The first kappa shape index (κ1) is 7.91. The molecule has 1 saturated carbocycles. The number of aromatic amines is 1. The summed E-state index contributed by atoms with van der Waals surface area (Å²) in [5.41, 5.74) is 1.33. The number of aromatic nitrogens is 2. The molecule has 0 aliphatic heterocycles. The zero-order valence-corrected chi connectivity index (χ0v) is 7.83. The molecule has 1 fully saturated rings. The average Bonchev–Trinajstić information content (AvgIpc) is 2.87. The first-order chi connectivity index (χ1) is 6.66. The molecule has 4 nitrogen and oxygen atoms in total. The summed E-state index contributed by atoms with van der Waals surface area (Å²) in [6.45, 7) is 1.77. The molecular weight excluding hydrogens is 180 g/mol. The lowest BCUT2D eigenvalue weighted by atomic mass is 9.96. The van der Waals surface area contributed by atoms with Crippen molar-refractivity contribution in [2.75, 3.05) is 0 Å². The maximum absolute atomic E-state index is 11.5. The highest BCUT2D eigenvalue weighted by Gasteiger charge is 2.49. The Kier molecular flexibility index (Phi) is 1.31. The van der Waals surface area contributed by atoms with E-state index in [9.17, 15) is 9.59 Å². The van der Waals surface area contributed by atoms with Gasteiger partial charge in [-0.05, 0) is 13.3 Å². The maximum Gasteiger partial charge on any atom is 0.254 e. The minimum atomic E-state index is -0.133. The summed E-state index contributed by atoms with van der Waals surface area (Å²) in [7, 11) is 0. The lowest BCUT2D eigenvalue weighted by Crippen LogP contribution is -2.25. The number of aryl methyl sites for hydroxylation is 1. The van der Waals surface area contributed by atoms with E-state index in [4.69, 9.17) is 0 Å². The molecule has 2 aliphatic carbocycles. The molecule has 0 aromatic carbocycles. The Labute approximate surface area is 80.4 Å².